The number of urea groups is 1. The van der Waals surface area contributed by atoms with Crippen LogP contribution in [0.4, 0.5) is 4.79 Å². The van der Waals surface area contributed by atoms with Crippen molar-refractivity contribution >= 4 is 23.6 Å². The molecule has 3 aliphatic rings. The van der Waals surface area contributed by atoms with E-state index in [4.69, 9.17) is 0 Å². The number of likely N-dealkylation sites (tertiary alicyclic amines) is 1. The minimum Gasteiger partial charge on any atom is -0.345 e. The topological polar surface area (TPSA) is 108 Å². The van der Waals surface area contributed by atoms with Gasteiger partial charge >= 0.3 is 6.03 Å². The highest BCUT2D eigenvalue weighted by Gasteiger charge is 2.43. The maximum Gasteiger partial charge on any atom is 0.315 e. The summed E-state index contributed by atoms with van der Waals surface area (Å²) in [6, 6.07) is -2.19. The van der Waals surface area contributed by atoms with Crippen LogP contribution in [0.1, 0.15) is 112 Å². The van der Waals surface area contributed by atoms with E-state index in [2.05, 4.69) is 22.9 Å². The van der Waals surface area contributed by atoms with Gasteiger partial charge in [0.1, 0.15) is 12.1 Å². The Morgan fingerprint density at radius 3 is 2.14 bits per heavy atom. The third kappa shape index (κ3) is 7.00. The molecule has 3 fully saturated rings. The van der Waals surface area contributed by atoms with Crippen molar-refractivity contribution in [1.82, 2.24) is 20.9 Å². The molecule has 0 aromatic carbocycles. The smallest absolute Gasteiger partial charge is 0.315 e. The van der Waals surface area contributed by atoms with Crippen LogP contribution in [0.15, 0.2) is 0 Å². The molecule has 3 atom stereocenters. The Kier molecular flexibility index (Phi) is 9.44. The molecule has 0 aromatic rings. The van der Waals surface area contributed by atoms with Gasteiger partial charge in [0.15, 0.2) is 5.78 Å². The van der Waals surface area contributed by atoms with Crippen LogP contribution >= 0.6 is 0 Å². The Hall–Kier alpha value is -2.12. The molecule has 1 heterocycles. The highest BCUT2D eigenvalue weighted by molar-refractivity contribution is 5.94. The molecule has 3 N–H and O–H groups in total. The Morgan fingerprint density at radius 1 is 0.944 bits per heavy atom. The first-order chi connectivity index (χ1) is 17.0. The molecular formula is C28H48N4O4. The quantitative estimate of drug-likeness (QED) is 0.440. The fraction of sp³-hybridized carbons (Fsp3) is 0.857. The predicted molar refractivity (Wildman–Crippen MR) is 140 cm³/mol. The first kappa shape index (κ1) is 28.5. The van der Waals surface area contributed by atoms with Crippen molar-refractivity contribution in [2.45, 2.75) is 135 Å². The molecule has 1 aliphatic heterocycles. The minimum atomic E-state index is -0.762. The summed E-state index contributed by atoms with van der Waals surface area (Å²) in [5, 5.41) is 9.11. The molecule has 36 heavy (non-hydrogen) atoms. The van der Waals surface area contributed by atoms with Crippen molar-refractivity contribution in [3.05, 3.63) is 0 Å². The van der Waals surface area contributed by atoms with E-state index in [9.17, 15) is 19.2 Å². The van der Waals surface area contributed by atoms with Gasteiger partial charge in [-0.1, -0.05) is 66.2 Å². The van der Waals surface area contributed by atoms with Crippen molar-refractivity contribution in [3.8, 4) is 0 Å². The number of hydrogen-bond donors (Lipinski definition) is 3. The zero-order valence-corrected chi connectivity index (χ0v) is 23.1. The molecule has 1 saturated heterocycles. The van der Waals surface area contributed by atoms with Crippen LogP contribution in [0.2, 0.25) is 0 Å². The van der Waals surface area contributed by atoms with Gasteiger partial charge in [0.2, 0.25) is 11.8 Å². The minimum absolute atomic E-state index is 0.0374. The summed E-state index contributed by atoms with van der Waals surface area (Å²) < 4.78 is 0. The molecule has 3 rings (SSSR count). The Morgan fingerprint density at radius 2 is 1.61 bits per heavy atom. The van der Waals surface area contributed by atoms with E-state index in [1.165, 1.54) is 19.8 Å². The van der Waals surface area contributed by atoms with Crippen molar-refractivity contribution in [3.63, 3.8) is 0 Å². The number of nitrogens with zero attached hydrogens (tertiary/aromatic N) is 1. The highest BCUT2D eigenvalue weighted by atomic mass is 16.2. The molecule has 204 valence electrons. The highest BCUT2D eigenvalue weighted by Crippen LogP contribution is 2.32. The SMILES string of the molecule is CCC1(NC(=O)NC(C(=O)N2CCCC2C(=O)NC(CC2CCC2)C(C)=O)C(C)(C)C)CCCCC1. The largest absolute Gasteiger partial charge is 0.345 e. The fourth-order valence-electron chi connectivity index (χ4n) is 5.98. The normalized spacial score (nSPS) is 23.8. The lowest BCUT2D eigenvalue weighted by molar-refractivity contribution is -0.142. The van der Waals surface area contributed by atoms with Crippen LogP contribution in [0, 0.1) is 11.3 Å². The second-order valence-corrected chi connectivity index (χ2v) is 12.5. The molecule has 3 unspecified atom stereocenters. The first-order valence-electron chi connectivity index (χ1n) is 14.2. The summed E-state index contributed by atoms with van der Waals surface area (Å²) >= 11 is 0. The number of carbonyl (C=O) groups is 4. The van der Waals surface area contributed by atoms with Gasteiger partial charge in [-0.25, -0.2) is 4.79 Å². The Balaban J connectivity index is 1.67. The van der Waals surface area contributed by atoms with E-state index in [0.29, 0.717) is 25.3 Å². The van der Waals surface area contributed by atoms with Crippen LogP contribution < -0.4 is 16.0 Å². The van der Waals surface area contributed by atoms with E-state index in [1.54, 1.807) is 4.90 Å². The van der Waals surface area contributed by atoms with E-state index in [1.807, 2.05) is 20.8 Å². The lowest BCUT2D eigenvalue weighted by Gasteiger charge is -2.39. The number of Topliss-reactive ketones (excluding diaryl/α,β-unsaturated/α-hetero) is 1. The van der Waals surface area contributed by atoms with Crippen LogP contribution in [0.3, 0.4) is 0 Å². The summed E-state index contributed by atoms with van der Waals surface area (Å²) in [4.78, 5) is 54.0. The summed E-state index contributed by atoms with van der Waals surface area (Å²) in [5.41, 5.74) is -0.748. The number of ketones is 1. The summed E-state index contributed by atoms with van der Waals surface area (Å²) in [6.07, 6.45) is 11.5. The third-order valence-electron chi connectivity index (χ3n) is 8.69. The summed E-state index contributed by atoms with van der Waals surface area (Å²) in [5.74, 6) is -0.0406. The van der Waals surface area contributed by atoms with Gasteiger partial charge in [0.25, 0.3) is 0 Å². The molecule has 2 aliphatic carbocycles. The maximum absolute atomic E-state index is 13.8. The van der Waals surface area contributed by atoms with Gasteiger partial charge < -0.3 is 20.9 Å². The molecular weight excluding hydrogens is 456 g/mol. The average molecular weight is 505 g/mol. The van der Waals surface area contributed by atoms with Gasteiger partial charge in [-0.3, -0.25) is 14.4 Å². The molecule has 8 heteroatoms. The molecule has 8 nitrogen and oxygen atoms in total. The summed E-state index contributed by atoms with van der Waals surface area (Å²) in [7, 11) is 0. The third-order valence-corrected chi connectivity index (χ3v) is 8.69. The second kappa shape index (κ2) is 12.0. The zero-order valence-electron chi connectivity index (χ0n) is 23.1. The number of rotatable bonds is 9. The number of hydrogen-bond acceptors (Lipinski definition) is 4. The number of carbonyl (C=O) groups excluding carboxylic acids is 4. The van der Waals surface area contributed by atoms with Gasteiger partial charge in [-0.05, 0) is 56.8 Å². The van der Waals surface area contributed by atoms with Crippen LogP contribution in [-0.2, 0) is 14.4 Å². The predicted octanol–water partition coefficient (Wildman–Crippen LogP) is 4.07. The first-order valence-corrected chi connectivity index (χ1v) is 14.2. The van der Waals surface area contributed by atoms with Crippen LogP contribution in [-0.4, -0.2) is 58.7 Å². The van der Waals surface area contributed by atoms with Gasteiger partial charge in [0, 0.05) is 12.1 Å². The lowest BCUT2D eigenvalue weighted by Crippen LogP contribution is -2.62. The molecule has 2 saturated carbocycles. The Labute approximate surface area is 217 Å². The Bertz CT molecular complexity index is 811. The van der Waals surface area contributed by atoms with Crippen molar-refractivity contribution in [2.75, 3.05) is 6.54 Å². The fourth-order valence-corrected chi connectivity index (χ4v) is 5.98. The molecule has 0 spiro atoms. The molecule has 0 aromatic heterocycles. The molecule has 0 bridgehead atoms. The number of nitrogens with one attached hydrogen (secondary N) is 3. The monoisotopic (exact) mass is 504 g/mol. The van der Waals surface area contributed by atoms with Gasteiger partial charge in [-0.15, -0.1) is 0 Å². The van der Waals surface area contributed by atoms with Crippen LogP contribution in [0.5, 0.6) is 0 Å². The molecule has 4 amide bonds. The summed E-state index contributed by atoms with van der Waals surface area (Å²) in [6.45, 7) is 9.89. The van der Waals surface area contributed by atoms with E-state index in [-0.39, 0.29) is 29.2 Å². The maximum atomic E-state index is 13.8. The van der Waals surface area contributed by atoms with Gasteiger partial charge in [-0.2, -0.15) is 0 Å². The zero-order chi connectivity index (χ0) is 26.5. The standard InChI is InChI=1S/C28H48N4O4/c1-6-28(15-8-7-9-16-28)31-26(36)30-23(27(3,4)5)25(35)32-17-11-14-22(32)24(34)29-21(19(2)33)18-20-12-10-13-20/h20-23H,6-18H2,1-5H3,(H,29,34)(H2,30,31,36). The van der Waals surface area contributed by atoms with E-state index < -0.39 is 23.5 Å². The number of amides is 4. The molecule has 0 radical (unpaired) electrons. The van der Waals surface area contributed by atoms with E-state index in [0.717, 1.165) is 51.4 Å². The average Bonchev–Trinajstić information content (AvgIpc) is 3.28. The van der Waals surface area contributed by atoms with Crippen LogP contribution in [0.25, 0.3) is 0 Å². The van der Waals surface area contributed by atoms with Crippen molar-refractivity contribution in [1.29, 1.82) is 0 Å². The second-order valence-electron chi connectivity index (χ2n) is 12.5. The van der Waals surface area contributed by atoms with Crippen molar-refractivity contribution < 1.29 is 19.2 Å². The lowest BCUT2D eigenvalue weighted by atomic mass is 9.80. The van der Waals surface area contributed by atoms with Crippen molar-refractivity contribution in [2.24, 2.45) is 11.3 Å². The van der Waals surface area contributed by atoms with Gasteiger partial charge in [0.05, 0.1) is 6.04 Å². The van der Waals surface area contributed by atoms with E-state index >= 15 is 0 Å².